The third kappa shape index (κ3) is 1.25. The second-order valence-corrected chi connectivity index (χ2v) is 3.96. The second-order valence-electron chi connectivity index (χ2n) is 3.96. The van der Waals surface area contributed by atoms with E-state index in [1.165, 1.54) is 6.33 Å². The standard InChI is InChI=1S/C9H11N5O2/c10-7-6-8(12-2-11-7)14(3-13-6)5-1-4(5)9(15)16/h2-5,9,15-16H,1H2,(H2,10,11,12). The molecule has 3 rings (SSSR count). The van der Waals surface area contributed by atoms with Crippen molar-refractivity contribution in [3.05, 3.63) is 12.7 Å². The van der Waals surface area contributed by atoms with Gasteiger partial charge in [0.2, 0.25) is 0 Å². The number of aromatic nitrogens is 4. The van der Waals surface area contributed by atoms with Crippen molar-refractivity contribution in [2.75, 3.05) is 5.73 Å². The van der Waals surface area contributed by atoms with Gasteiger partial charge in [0.1, 0.15) is 11.8 Å². The molecule has 2 aromatic heterocycles. The highest BCUT2D eigenvalue weighted by Crippen LogP contribution is 2.46. The van der Waals surface area contributed by atoms with E-state index in [2.05, 4.69) is 15.0 Å². The number of fused-ring (bicyclic) bond motifs is 1. The van der Waals surface area contributed by atoms with Crippen molar-refractivity contribution in [2.45, 2.75) is 18.8 Å². The van der Waals surface area contributed by atoms with Gasteiger partial charge in [-0.1, -0.05) is 0 Å². The Kier molecular flexibility index (Phi) is 1.86. The topological polar surface area (TPSA) is 110 Å². The van der Waals surface area contributed by atoms with Crippen molar-refractivity contribution in [3.8, 4) is 0 Å². The zero-order valence-corrected chi connectivity index (χ0v) is 8.35. The molecule has 7 heteroatoms. The number of rotatable bonds is 2. The van der Waals surface area contributed by atoms with Crippen LogP contribution in [-0.2, 0) is 0 Å². The van der Waals surface area contributed by atoms with E-state index in [-0.39, 0.29) is 12.0 Å². The molecule has 2 atom stereocenters. The maximum absolute atomic E-state index is 9.05. The highest BCUT2D eigenvalue weighted by molar-refractivity contribution is 5.81. The summed E-state index contributed by atoms with van der Waals surface area (Å²) in [6.45, 7) is 0. The minimum absolute atomic E-state index is 0.0410. The summed E-state index contributed by atoms with van der Waals surface area (Å²) in [7, 11) is 0. The predicted octanol–water partition coefficient (Wildman–Crippen LogP) is -0.720. The van der Waals surface area contributed by atoms with Gasteiger partial charge in [-0.15, -0.1) is 0 Å². The van der Waals surface area contributed by atoms with Gasteiger partial charge < -0.3 is 20.5 Å². The van der Waals surface area contributed by atoms with Crippen LogP contribution in [0.3, 0.4) is 0 Å². The van der Waals surface area contributed by atoms with Crippen molar-refractivity contribution in [1.82, 2.24) is 19.5 Å². The third-order valence-electron chi connectivity index (χ3n) is 2.93. The van der Waals surface area contributed by atoms with Gasteiger partial charge >= 0.3 is 0 Å². The molecular weight excluding hydrogens is 210 g/mol. The van der Waals surface area contributed by atoms with Crippen LogP contribution in [-0.4, -0.2) is 36.0 Å². The lowest BCUT2D eigenvalue weighted by molar-refractivity contribution is -0.0594. The maximum Gasteiger partial charge on any atom is 0.165 e. The number of nitrogen functional groups attached to an aromatic ring is 1. The first kappa shape index (κ1) is 9.49. The molecule has 2 unspecified atom stereocenters. The minimum atomic E-state index is -1.29. The summed E-state index contributed by atoms with van der Waals surface area (Å²) in [6.07, 6.45) is 2.42. The Hall–Kier alpha value is -1.73. The zero-order chi connectivity index (χ0) is 11.3. The Bertz CT molecular complexity index is 538. The lowest BCUT2D eigenvalue weighted by Crippen LogP contribution is -2.10. The van der Waals surface area contributed by atoms with Gasteiger partial charge in [0.15, 0.2) is 17.8 Å². The van der Waals surface area contributed by atoms with E-state index < -0.39 is 6.29 Å². The van der Waals surface area contributed by atoms with Gasteiger partial charge in [-0.2, -0.15) is 0 Å². The van der Waals surface area contributed by atoms with E-state index in [0.29, 0.717) is 23.4 Å². The second kappa shape index (κ2) is 3.13. The van der Waals surface area contributed by atoms with Crippen LogP contribution in [0.1, 0.15) is 12.5 Å². The quantitative estimate of drug-likeness (QED) is 0.577. The normalized spacial score (nSPS) is 24.2. The number of imidazole rings is 1. The molecule has 1 aliphatic carbocycles. The van der Waals surface area contributed by atoms with Crippen LogP contribution in [0, 0.1) is 5.92 Å². The minimum Gasteiger partial charge on any atom is -0.382 e. The Morgan fingerprint density at radius 1 is 1.38 bits per heavy atom. The average Bonchev–Trinajstić information content (AvgIpc) is 2.93. The van der Waals surface area contributed by atoms with Crippen molar-refractivity contribution in [1.29, 1.82) is 0 Å². The highest BCUT2D eigenvalue weighted by atomic mass is 16.5. The molecule has 1 aliphatic rings. The zero-order valence-electron chi connectivity index (χ0n) is 8.35. The van der Waals surface area contributed by atoms with Gasteiger partial charge in [-0.3, -0.25) is 0 Å². The van der Waals surface area contributed by atoms with Crippen molar-refractivity contribution < 1.29 is 10.2 Å². The molecule has 16 heavy (non-hydrogen) atoms. The van der Waals surface area contributed by atoms with Crippen LogP contribution in [0.2, 0.25) is 0 Å². The number of nitrogens with two attached hydrogens (primary N) is 1. The summed E-state index contributed by atoms with van der Waals surface area (Å²) >= 11 is 0. The van der Waals surface area contributed by atoms with Gasteiger partial charge in [0.25, 0.3) is 0 Å². The molecule has 84 valence electrons. The van der Waals surface area contributed by atoms with Gasteiger partial charge in [0.05, 0.1) is 6.33 Å². The molecule has 0 saturated heterocycles. The molecule has 2 heterocycles. The molecule has 1 saturated carbocycles. The lowest BCUT2D eigenvalue weighted by atomic mass is 10.4. The molecule has 1 fully saturated rings. The van der Waals surface area contributed by atoms with E-state index in [0.717, 1.165) is 0 Å². The molecule has 0 bridgehead atoms. The summed E-state index contributed by atoms with van der Waals surface area (Å²) in [5, 5.41) is 18.1. The fraction of sp³-hybridized carbons (Fsp3) is 0.444. The highest BCUT2D eigenvalue weighted by Gasteiger charge is 2.44. The maximum atomic E-state index is 9.05. The smallest absolute Gasteiger partial charge is 0.165 e. The summed E-state index contributed by atoms with van der Waals surface area (Å²) in [5.74, 6) is 0.194. The SMILES string of the molecule is Nc1ncnc2c1ncn2C1CC1C(O)O. The summed E-state index contributed by atoms with van der Waals surface area (Å²) < 4.78 is 1.82. The van der Waals surface area contributed by atoms with E-state index >= 15 is 0 Å². The van der Waals surface area contributed by atoms with Crippen molar-refractivity contribution in [3.63, 3.8) is 0 Å². The number of aliphatic hydroxyl groups is 2. The number of anilines is 1. The lowest BCUT2D eigenvalue weighted by Gasteiger charge is -2.04. The van der Waals surface area contributed by atoms with Crippen LogP contribution in [0.5, 0.6) is 0 Å². The first-order valence-corrected chi connectivity index (χ1v) is 4.97. The first-order valence-electron chi connectivity index (χ1n) is 4.97. The molecule has 2 aromatic rings. The molecular formula is C9H11N5O2. The van der Waals surface area contributed by atoms with Crippen LogP contribution in [0.25, 0.3) is 11.2 Å². The average molecular weight is 221 g/mol. The fourth-order valence-corrected chi connectivity index (χ4v) is 1.95. The fourth-order valence-electron chi connectivity index (χ4n) is 1.95. The van der Waals surface area contributed by atoms with Crippen LogP contribution in [0.15, 0.2) is 12.7 Å². The Morgan fingerprint density at radius 3 is 2.88 bits per heavy atom. The summed E-state index contributed by atoms with van der Waals surface area (Å²) in [4.78, 5) is 12.1. The number of aliphatic hydroxyl groups excluding tert-OH is 1. The van der Waals surface area contributed by atoms with Crippen LogP contribution < -0.4 is 5.73 Å². The van der Waals surface area contributed by atoms with Gasteiger partial charge in [-0.05, 0) is 6.42 Å². The Morgan fingerprint density at radius 2 is 2.19 bits per heavy atom. The van der Waals surface area contributed by atoms with Crippen molar-refractivity contribution in [2.24, 2.45) is 5.92 Å². The largest absolute Gasteiger partial charge is 0.382 e. The predicted molar refractivity (Wildman–Crippen MR) is 55.1 cm³/mol. The molecule has 0 amide bonds. The monoisotopic (exact) mass is 221 g/mol. The Balaban J connectivity index is 2.03. The molecule has 0 aliphatic heterocycles. The van der Waals surface area contributed by atoms with E-state index in [1.54, 1.807) is 6.33 Å². The molecule has 7 nitrogen and oxygen atoms in total. The van der Waals surface area contributed by atoms with Crippen LogP contribution >= 0.6 is 0 Å². The van der Waals surface area contributed by atoms with Gasteiger partial charge in [-0.25, -0.2) is 15.0 Å². The third-order valence-corrected chi connectivity index (χ3v) is 2.93. The first-order chi connectivity index (χ1) is 7.68. The molecule has 0 aromatic carbocycles. The van der Waals surface area contributed by atoms with E-state index in [9.17, 15) is 0 Å². The number of nitrogens with zero attached hydrogens (tertiary/aromatic N) is 4. The van der Waals surface area contributed by atoms with Crippen molar-refractivity contribution >= 4 is 17.0 Å². The number of hydrogen-bond donors (Lipinski definition) is 3. The number of hydrogen-bond acceptors (Lipinski definition) is 6. The molecule has 0 radical (unpaired) electrons. The molecule has 4 N–H and O–H groups in total. The summed E-state index contributed by atoms with van der Waals surface area (Å²) in [5.41, 5.74) is 6.85. The van der Waals surface area contributed by atoms with E-state index in [1.807, 2.05) is 4.57 Å². The summed E-state index contributed by atoms with van der Waals surface area (Å²) in [6, 6.07) is 0.0410. The Labute approximate surface area is 90.6 Å². The van der Waals surface area contributed by atoms with E-state index in [4.69, 9.17) is 15.9 Å². The van der Waals surface area contributed by atoms with Crippen LogP contribution in [0.4, 0.5) is 5.82 Å². The van der Waals surface area contributed by atoms with Gasteiger partial charge in [0, 0.05) is 12.0 Å². The molecule has 0 spiro atoms.